The maximum Gasteiger partial charge on any atom is 0.254 e. The molecular formula is C19H17ClFN3OS. The molecule has 1 N–H and O–H groups in total. The third kappa shape index (κ3) is 3.15. The van der Waals surface area contributed by atoms with Gasteiger partial charge in [-0.2, -0.15) is 5.10 Å². The Morgan fingerprint density at radius 2 is 2.08 bits per heavy atom. The molecule has 0 spiro atoms. The average Bonchev–Trinajstić information content (AvgIpc) is 3.33. The molecule has 4 nitrogen and oxygen atoms in total. The van der Waals surface area contributed by atoms with E-state index in [0.29, 0.717) is 29.2 Å². The molecule has 0 atom stereocenters. The summed E-state index contributed by atoms with van der Waals surface area (Å²) in [6.07, 6.45) is 4.02. The van der Waals surface area contributed by atoms with Gasteiger partial charge in [-0.3, -0.25) is 9.89 Å². The molecule has 0 bridgehead atoms. The molecule has 1 fully saturated rings. The van der Waals surface area contributed by atoms with E-state index >= 15 is 4.39 Å². The van der Waals surface area contributed by atoms with Gasteiger partial charge in [0, 0.05) is 58.5 Å². The van der Waals surface area contributed by atoms with E-state index in [1.807, 2.05) is 11.4 Å². The monoisotopic (exact) mass is 389 g/mol. The number of nitrogens with one attached hydrogen (secondary N) is 1. The van der Waals surface area contributed by atoms with E-state index in [1.165, 1.54) is 11.3 Å². The van der Waals surface area contributed by atoms with Crippen molar-refractivity contribution in [1.82, 2.24) is 15.1 Å². The number of carbonyl (C=O) groups is 1. The first-order valence-corrected chi connectivity index (χ1v) is 9.63. The molecule has 0 radical (unpaired) electrons. The van der Waals surface area contributed by atoms with Crippen LogP contribution in [0.5, 0.6) is 0 Å². The molecule has 1 aliphatic rings. The fourth-order valence-corrected chi connectivity index (χ4v) is 4.50. The van der Waals surface area contributed by atoms with Crippen LogP contribution in [-0.4, -0.2) is 34.1 Å². The molecule has 3 heterocycles. The number of hydrogen-bond donors (Lipinski definition) is 1. The van der Waals surface area contributed by atoms with Crippen LogP contribution in [0.3, 0.4) is 0 Å². The number of halogens is 2. The van der Waals surface area contributed by atoms with E-state index in [2.05, 4.69) is 10.2 Å². The number of piperidine rings is 1. The molecule has 26 heavy (non-hydrogen) atoms. The molecule has 1 aromatic carbocycles. The number of thiophene rings is 1. The summed E-state index contributed by atoms with van der Waals surface area (Å²) in [6.45, 7) is 0.745. The molecule has 4 rings (SSSR count). The SMILES string of the molecule is O=C(c1csc(-c2cn[nH]c2)c1)N1CCC(F)(c2ccccc2Cl)CC1. The summed E-state index contributed by atoms with van der Waals surface area (Å²) in [4.78, 5) is 15.5. The van der Waals surface area contributed by atoms with Crippen molar-refractivity contribution in [3.8, 4) is 10.4 Å². The first kappa shape index (κ1) is 17.2. The Morgan fingerprint density at radius 3 is 2.77 bits per heavy atom. The van der Waals surface area contributed by atoms with Crippen LogP contribution in [-0.2, 0) is 5.67 Å². The number of hydrogen-bond acceptors (Lipinski definition) is 3. The molecule has 1 saturated heterocycles. The molecule has 0 aliphatic carbocycles. The predicted octanol–water partition coefficient (Wildman–Crippen LogP) is 4.89. The Bertz CT molecular complexity index is 917. The molecule has 7 heteroatoms. The summed E-state index contributed by atoms with van der Waals surface area (Å²) < 4.78 is 15.4. The van der Waals surface area contributed by atoms with Crippen molar-refractivity contribution < 1.29 is 9.18 Å². The smallest absolute Gasteiger partial charge is 0.254 e. The zero-order valence-corrected chi connectivity index (χ0v) is 15.5. The fourth-order valence-electron chi connectivity index (χ4n) is 3.33. The van der Waals surface area contributed by atoms with Crippen molar-refractivity contribution >= 4 is 28.8 Å². The second kappa shape index (κ2) is 6.85. The van der Waals surface area contributed by atoms with Gasteiger partial charge in [0.25, 0.3) is 5.91 Å². The molecule has 0 saturated carbocycles. The third-order valence-corrected chi connectivity index (χ3v) is 6.14. The Morgan fingerprint density at radius 1 is 1.31 bits per heavy atom. The largest absolute Gasteiger partial charge is 0.338 e. The summed E-state index contributed by atoms with van der Waals surface area (Å²) >= 11 is 7.67. The number of amides is 1. The van der Waals surface area contributed by atoms with Gasteiger partial charge in [-0.05, 0) is 12.1 Å². The summed E-state index contributed by atoms with van der Waals surface area (Å²) in [7, 11) is 0. The van der Waals surface area contributed by atoms with Crippen LogP contribution in [0.1, 0.15) is 28.8 Å². The van der Waals surface area contributed by atoms with Crippen LogP contribution < -0.4 is 0 Å². The average molecular weight is 390 g/mol. The highest BCUT2D eigenvalue weighted by Gasteiger charge is 2.39. The number of H-pyrrole nitrogens is 1. The lowest BCUT2D eigenvalue weighted by Gasteiger charge is -2.37. The number of aromatic nitrogens is 2. The second-order valence-corrected chi connectivity index (χ2v) is 7.74. The number of aromatic amines is 1. The van der Waals surface area contributed by atoms with Crippen LogP contribution in [0.2, 0.25) is 5.02 Å². The van der Waals surface area contributed by atoms with Crippen LogP contribution in [0.4, 0.5) is 4.39 Å². The van der Waals surface area contributed by atoms with Gasteiger partial charge in [-0.15, -0.1) is 11.3 Å². The van der Waals surface area contributed by atoms with Crippen molar-refractivity contribution in [2.24, 2.45) is 0 Å². The third-order valence-electron chi connectivity index (χ3n) is 4.83. The van der Waals surface area contributed by atoms with Gasteiger partial charge in [0.1, 0.15) is 5.67 Å². The fraction of sp³-hybridized carbons (Fsp3) is 0.263. The lowest BCUT2D eigenvalue weighted by Crippen LogP contribution is -2.43. The Hall–Kier alpha value is -2.18. The maximum absolute atomic E-state index is 15.4. The minimum absolute atomic E-state index is 0.0581. The van der Waals surface area contributed by atoms with Crippen molar-refractivity contribution in [1.29, 1.82) is 0 Å². The van der Waals surface area contributed by atoms with Gasteiger partial charge in [0.2, 0.25) is 0 Å². The summed E-state index contributed by atoms with van der Waals surface area (Å²) in [5, 5.41) is 8.98. The highest BCUT2D eigenvalue weighted by Crippen LogP contribution is 2.40. The molecule has 3 aromatic rings. The molecule has 2 aromatic heterocycles. The van der Waals surface area contributed by atoms with E-state index in [1.54, 1.807) is 41.6 Å². The topological polar surface area (TPSA) is 49.0 Å². The minimum Gasteiger partial charge on any atom is -0.338 e. The van der Waals surface area contributed by atoms with Gasteiger partial charge in [0.05, 0.1) is 11.8 Å². The summed E-state index contributed by atoms with van der Waals surface area (Å²) in [5.74, 6) is -0.0581. The highest BCUT2D eigenvalue weighted by molar-refractivity contribution is 7.13. The van der Waals surface area contributed by atoms with E-state index in [0.717, 1.165) is 10.4 Å². The Balaban J connectivity index is 1.46. The van der Waals surface area contributed by atoms with E-state index < -0.39 is 5.67 Å². The van der Waals surface area contributed by atoms with Crippen molar-refractivity contribution in [3.05, 3.63) is 64.3 Å². The number of likely N-dealkylation sites (tertiary alicyclic amines) is 1. The number of nitrogens with zero attached hydrogens (tertiary/aromatic N) is 2. The number of benzene rings is 1. The maximum atomic E-state index is 15.4. The zero-order chi connectivity index (χ0) is 18.1. The minimum atomic E-state index is -1.48. The lowest BCUT2D eigenvalue weighted by atomic mass is 9.86. The number of alkyl halides is 1. The van der Waals surface area contributed by atoms with Crippen molar-refractivity contribution in [2.75, 3.05) is 13.1 Å². The predicted molar refractivity (Wildman–Crippen MR) is 101 cm³/mol. The van der Waals surface area contributed by atoms with E-state index in [-0.39, 0.29) is 18.7 Å². The van der Waals surface area contributed by atoms with E-state index in [4.69, 9.17) is 11.6 Å². The Kier molecular flexibility index (Phi) is 4.54. The normalized spacial score (nSPS) is 16.6. The first-order chi connectivity index (χ1) is 12.6. The van der Waals surface area contributed by atoms with Gasteiger partial charge in [-0.25, -0.2) is 4.39 Å². The van der Waals surface area contributed by atoms with Gasteiger partial charge in [-0.1, -0.05) is 29.8 Å². The Labute approximate surface area is 159 Å². The van der Waals surface area contributed by atoms with Crippen LogP contribution in [0.25, 0.3) is 10.4 Å². The molecule has 1 amide bonds. The zero-order valence-electron chi connectivity index (χ0n) is 13.9. The van der Waals surface area contributed by atoms with Gasteiger partial charge in [0.15, 0.2) is 0 Å². The highest BCUT2D eigenvalue weighted by atomic mass is 35.5. The number of rotatable bonds is 3. The van der Waals surface area contributed by atoms with Crippen LogP contribution >= 0.6 is 22.9 Å². The second-order valence-electron chi connectivity index (χ2n) is 6.42. The molecule has 134 valence electrons. The van der Waals surface area contributed by atoms with Crippen LogP contribution in [0.15, 0.2) is 48.1 Å². The molecule has 1 aliphatic heterocycles. The lowest BCUT2D eigenvalue weighted by molar-refractivity contribution is 0.0422. The van der Waals surface area contributed by atoms with Crippen molar-refractivity contribution in [2.45, 2.75) is 18.5 Å². The van der Waals surface area contributed by atoms with Gasteiger partial charge >= 0.3 is 0 Å². The van der Waals surface area contributed by atoms with Crippen molar-refractivity contribution in [3.63, 3.8) is 0 Å². The summed E-state index contributed by atoms with van der Waals surface area (Å²) in [6, 6.07) is 8.89. The molecular weight excluding hydrogens is 373 g/mol. The molecule has 0 unspecified atom stereocenters. The summed E-state index contributed by atoms with van der Waals surface area (Å²) in [5.41, 5.74) is 0.627. The quantitative estimate of drug-likeness (QED) is 0.693. The number of carbonyl (C=O) groups excluding carboxylic acids is 1. The first-order valence-electron chi connectivity index (χ1n) is 8.38. The van der Waals surface area contributed by atoms with Gasteiger partial charge < -0.3 is 4.90 Å². The van der Waals surface area contributed by atoms with E-state index in [9.17, 15) is 4.79 Å². The standard InChI is InChI=1S/C19H17ClFN3OS/c20-16-4-2-1-3-15(16)19(21)5-7-24(8-6-19)18(25)13-9-17(26-12-13)14-10-22-23-11-14/h1-4,9-12H,5-8H2,(H,22,23). The van der Waals surface area contributed by atoms with Crippen LogP contribution in [0, 0.1) is 0 Å².